The van der Waals surface area contributed by atoms with Gasteiger partial charge in [-0.15, -0.1) is 11.3 Å². The summed E-state index contributed by atoms with van der Waals surface area (Å²) in [6, 6.07) is 10.2. The zero-order valence-corrected chi connectivity index (χ0v) is 16.5. The summed E-state index contributed by atoms with van der Waals surface area (Å²) in [4.78, 5) is 27.8. The van der Waals surface area contributed by atoms with Crippen molar-refractivity contribution in [2.45, 2.75) is 39.3 Å². The first-order chi connectivity index (χ1) is 12.9. The molecule has 1 atom stereocenters. The van der Waals surface area contributed by atoms with Gasteiger partial charge < -0.3 is 14.7 Å². The van der Waals surface area contributed by atoms with Gasteiger partial charge in [0.15, 0.2) is 5.76 Å². The molecule has 2 aromatic rings. The van der Waals surface area contributed by atoms with Crippen LogP contribution in [0.2, 0.25) is 0 Å². The molecule has 3 rings (SSSR count). The normalized spacial score (nSPS) is 17.1. The molecule has 142 valence electrons. The smallest absolute Gasteiger partial charge is 0.290 e. The fourth-order valence-corrected chi connectivity index (χ4v) is 3.95. The first kappa shape index (κ1) is 19.2. The fraction of sp³-hybridized carbons (Fsp3) is 0.333. The zero-order valence-electron chi connectivity index (χ0n) is 15.6. The molecule has 1 N–H and O–H groups in total. The van der Waals surface area contributed by atoms with E-state index in [9.17, 15) is 14.7 Å². The van der Waals surface area contributed by atoms with Crippen LogP contribution in [0.4, 0.5) is 0 Å². The number of carbonyl (C=O) groups excluding carboxylic acids is 2. The number of aliphatic hydroxyl groups is 1. The Labute approximate surface area is 162 Å². The minimum atomic E-state index is -0.622. The van der Waals surface area contributed by atoms with E-state index in [1.807, 2.05) is 45.0 Å². The van der Waals surface area contributed by atoms with Crippen LogP contribution in [0.1, 0.15) is 48.5 Å². The highest BCUT2D eigenvalue weighted by atomic mass is 32.1. The maximum Gasteiger partial charge on any atom is 0.290 e. The second-order valence-electron chi connectivity index (χ2n) is 6.71. The molecule has 1 unspecified atom stereocenters. The van der Waals surface area contributed by atoms with Crippen molar-refractivity contribution < 1.29 is 19.4 Å². The monoisotopic (exact) mass is 385 g/mol. The molecule has 0 fully saturated rings. The van der Waals surface area contributed by atoms with E-state index in [0.29, 0.717) is 17.2 Å². The van der Waals surface area contributed by atoms with Crippen LogP contribution in [-0.2, 0) is 4.79 Å². The molecule has 1 amide bonds. The Kier molecular flexibility index (Phi) is 5.65. The van der Waals surface area contributed by atoms with Gasteiger partial charge in [-0.25, -0.2) is 0 Å². The van der Waals surface area contributed by atoms with Crippen molar-refractivity contribution in [3.8, 4) is 5.75 Å². The van der Waals surface area contributed by atoms with Crippen molar-refractivity contribution in [2.75, 3.05) is 6.54 Å². The topological polar surface area (TPSA) is 66.8 Å². The Morgan fingerprint density at radius 3 is 2.70 bits per heavy atom. The van der Waals surface area contributed by atoms with E-state index in [4.69, 9.17) is 4.74 Å². The van der Waals surface area contributed by atoms with Crippen molar-refractivity contribution in [1.29, 1.82) is 0 Å². The van der Waals surface area contributed by atoms with Crippen LogP contribution >= 0.6 is 11.3 Å². The van der Waals surface area contributed by atoms with E-state index < -0.39 is 17.7 Å². The van der Waals surface area contributed by atoms with E-state index >= 15 is 0 Å². The van der Waals surface area contributed by atoms with Crippen molar-refractivity contribution in [3.05, 3.63) is 63.6 Å². The van der Waals surface area contributed by atoms with Gasteiger partial charge in [0, 0.05) is 6.54 Å². The van der Waals surface area contributed by atoms with Gasteiger partial charge in [0.05, 0.1) is 22.6 Å². The summed E-state index contributed by atoms with van der Waals surface area (Å²) in [6.07, 6.45) is 0.728. The molecule has 1 aromatic heterocycles. The molecule has 2 heterocycles. The van der Waals surface area contributed by atoms with E-state index in [0.717, 1.165) is 12.0 Å². The van der Waals surface area contributed by atoms with Crippen LogP contribution in [0.15, 0.2) is 53.1 Å². The number of carbonyl (C=O) groups is 2. The van der Waals surface area contributed by atoms with Crippen LogP contribution in [0, 0.1) is 0 Å². The Balaban J connectivity index is 2.07. The van der Waals surface area contributed by atoms with E-state index in [2.05, 4.69) is 0 Å². The quantitative estimate of drug-likeness (QED) is 0.712. The second-order valence-corrected chi connectivity index (χ2v) is 7.66. The number of rotatable bonds is 7. The van der Waals surface area contributed by atoms with Crippen molar-refractivity contribution >= 4 is 23.0 Å². The average Bonchev–Trinajstić information content (AvgIpc) is 3.24. The lowest BCUT2D eigenvalue weighted by atomic mass is 9.95. The molecule has 0 spiro atoms. The van der Waals surface area contributed by atoms with Crippen LogP contribution in [0.25, 0.3) is 0 Å². The van der Waals surface area contributed by atoms with Crippen LogP contribution in [0.5, 0.6) is 5.75 Å². The van der Waals surface area contributed by atoms with Gasteiger partial charge in [0.2, 0.25) is 5.78 Å². The van der Waals surface area contributed by atoms with Gasteiger partial charge >= 0.3 is 0 Å². The van der Waals surface area contributed by atoms with Gasteiger partial charge in [-0.3, -0.25) is 9.59 Å². The Bertz CT molecular complexity index is 870. The predicted octanol–water partition coefficient (Wildman–Crippen LogP) is 4.52. The molecule has 0 radical (unpaired) electrons. The number of ketones is 1. The molecule has 0 bridgehead atoms. The van der Waals surface area contributed by atoms with Crippen LogP contribution in [0.3, 0.4) is 0 Å². The molecular weight excluding hydrogens is 362 g/mol. The minimum Gasteiger partial charge on any atom is -0.503 e. The third-order valence-electron chi connectivity index (χ3n) is 4.30. The van der Waals surface area contributed by atoms with Gasteiger partial charge in [0.1, 0.15) is 5.75 Å². The number of hydrogen-bond donors (Lipinski definition) is 1. The van der Waals surface area contributed by atoms with Gasteiger partial charge in [-0.05, 0) is 49.4 Å². The van der Waals surface area contributed by atoms with Crippen LogP contribution < -0.4 is 4.74 Å². The molecule has 1 aliphatic rings. The maximum absolute atomic E-state index is 13.0. The molecule has 1 aromatic carbocycles. The number of nitrogens with zero attached hydrogens (tertiary/aromatic N) is 1. The Morgan fingerprint density at radius 2 is 2.07 bits per heavy atom. The van der Waals surface area contributed by atoms with Crippen molar-refractivity contribution in [2.24, 2.45) is 0 Å². The number of thiophene rings is 1. The largest absolute Gasteiger partial charge is 0.503 e. The van der Waals surface area contributed by atoms with Crippen molar-refractivity contribution in [1.82, 2.24) is 4.90 Å². The van der Waals surface area contributed by atoms with Crippen molar-refractivity contribution in [3.63, 3.8) is 0 Å². The third-order valence-corrected chi connectivity index (χ3v) is 5.17. The van der Waals surface area contributed by atoms with Gasteiger partial charge in [-0.1, -0.05) is 25.1 Å². The molecule has 5 nitrogen and oxygen atoms in total. The lowest BCUT2D eigenvalue weighted by Crippen LogP contribution is -2.31. The highest BCUT2D eigenvalue weighted by Crippen LogP contribution is 2.40. The molecule has 27 heavy (non-hydrogen) atoms. The number of hydrogen-bond acceptors (Lipinski definition) is 5. The Hall–Kier alpha value is -2.60. The highest BCUT2D eigenvalue weighted by Gasteiger charge is 2.43. The first-order valence-electron chi connectivity index (χ1n) is 9.03. The molecular formula is C21H23NO4S. The SMILES string of the molecule is CCCN1C(=O)C(O)=C(C(=O)c2cccs2)C1c1cccc(OC(C)C)c1. The van der Waals surface area contributed by atoms with Gasteiger partial charge in [-0.2, -0.15) is 0 Å². The van der Waals surface area contributed by atoms with E-state index in [1.165, 1.54) is 11.3 Å². The average molecular weight is 385 g/mol. The summed E-state index contributed by atoms with van der Waals surface area (Å²) in [5.74, 6) is -0.602. The van der Waals surface area contributed by atoms with E-state index in [-0.39, 0.29) is 17.5 Å². The predicted molar refractivity (Wildman–Crippen MR) is 105 cm³/mol. The van der Waals surface area contributed by atoms with Crippen LogP contribution in [-0.4, -0.2) is 34.3 Å². The zero-order chi connectivity index (χ0) is 19.6. The standard InChI is InChI=1S/C21H23NO4S/c1-4-10-22-18(14-7-5-8-15(12-14)26-13(2)3)17(20(24)21(22)25)19(23)16-9-6-11-27-16/h5-9,11-13,18,24H,4,10H2,1-3H3. The number of amides is 1. The summed E-state index contributed by atoms with van der Waals surface area (Å²) in [6.45, 7) is 6.28. The van der Waals surface area contributed by atoms with Gasteiger partial charge in [0.25, 0.3) is 5.91 Å². The lowest BCUT2D eigenvalue weighted by molar-refractivity contribution is -0.129. The number of aliphatic hydroxyl groups excluding tert-OH is 1. The highest BCUT2D eigenvalue weighted by molar-refractivity contribution is 7.12. The molecule has 0 saturated carbocycles. The second kappa shape index (κ2) is 7.96. The molecule has 0 saturated heterocycles. The number of benzene rings is 1. The lowest BCUT2D eigenvalue weighted by Gasteiger charge is -2.26. The van der Waals surface area contributed by atoms with E-state index in [1.54, 1.807) is 22.4 Å². The molecule has 6 heteroatoms. The first-order valence-corrected chi connectivity index (χ1v) is 9.91. The summed E-state index contributed by atoms with van der Waals surface area (Å²) in [7, 11) is 0. The fourth-order valence-electron chi connectivity index (χ4n) is 3.27. The summed E-state index contributed by atoms with van der Waals surface area (Å²) in [5.41, 5.74) is 0.886. The molecule has 1 aliphatic heterocycles. The third kappa shape index (κ3) is 3.76. The number of Topliss-reactive ketones (excluding diaryl/α,β-unsaturated/α-hetero) is 1. The minimum absolute atomic E-state index is 0.00775. The maximum atomic E-state index is 13.0. The molecule has 0 aliphatic carbocycles. The Morgan fingerprint density at radius 1 is 1.30 bits per heavy atom. The number of ether oxygens (including phenoxy) is 1. The summed E-state index contributed by atoms with van der Waals surface area (Å²) >= 11 is 1.30. The summed E-state index contributed by atoms with van der Waals surface area (Å²) in [5, 5.41) is 12.3. The summed E-state index contributed by atoms with van der Waals surface area (Å²) < 4.78 is 5.77.